The molecular weight excluding hydrogens is 312 g/mol. The van der Waals surface area contributed by atoms with Crippen LogP contribution in [0, 0.1) is 13.8 Å². The molecule has 1 amide bonds. The zero-order valence-corrected chi connectivity index (χ0v) is 14.5. The molecule has 0 saturated carbocycles. The third kappa shape index (κ3) is 4.39. The number of aromatic nitrogens is 1. The minimum Gasteiger partial charge on any atom is -0.448 e. The van der Waals surface area contributed by atoms with Gasteiger partial charge in [-0.1, -0.05) is 19.1 Å². The van der Waals surface area contributed by atoms with Crippen LogP contribution in [0.5, 0.6) is 0 Å². The third-order valence-electron chi connectivity index (χ3n) is 3.37. The molecule has 2 rings (SSSR count). The first-order chi connectivity index (χ1) is 10.9. The maximum Gasteiger partial charge on any atom is 0.351 e. The van der Waals surface area contributed by atoms with Crippen molar-refractivity contribution in [3.8, 4) is 0 Å². The van der Waals surface area contributed by atoms with Crippen LogP contribution in [0.2, 0.25) is 0 Å². The van der Waals surface area contributed by atoms with Crippen molar-refractivity contribution in [3.63, 3.8) is 0 Å². The van der Waals surface area contributed by atoms with E-state index in [0.29, 0.717) is 16.3 Å². The lowest BCUT2D eigenvalue weighted by atomic mass is 10.1. The minimum atomic E-state index is -0.879. The normalized spacial score (nSPS) is 11.8. The number of hydrogen-bond donors (Lipinski definition) is 1. The largest absolute Gasteiger partial charge is 0.448 e. The number of nitrogens with zero attached hydrogens (tertiary/aromatic N) is 1. The molecule has 2 aromatic rings. The first-order valence-corrected chi connectivity index (χ1v) is 8.27. The highest BCUT2D eigenvalue weighted by atomic mass is 32.1. The zero-order chi connectivity index (χ0) is 17.0. The van der Waals surface area contributed by atoms with Crippen molar-refractivity contribution < 1.29 is 14.3 Å². The van der Waals surface area contributed by atoms with Crippen LogP contribution in [-0.4, -0.2) is 23.0 Å². The summed E-state index contributed by atoms with van der Waals surface area (Å²) in [5.41, 5.74) is 2.50. The van der Waals surface area contributed by atoms with Gasteiger partial charge in [0.2, 0.25) is 0 Å². The van der Waals surface area contributed by atoms with E-state index in [9.17, 15) is 9.59 Å². The van der Waals surface area contributed by atoms with Crippen LogP contribution in [0.25, 0.3) is 0 Å². The summed E-state index contributed by atoms with van der Waals surface area (Å²) in [5, 5.41) is 3.54. The van der Waals surface area contributed by atoms with Gasteiger partial charge in [0, 0.05) is 5.69 Å². The van der Waals surface area contributed by atoms with Gasteiger partial charge in [0.1, 0.15) is 4.88 Å². The summed E-state index contributed by atoms with van der Waals surface area (Å²) in [5.74, 6) is -0.876. The number of hydrogen-bond acceptors (Lipinski definition) is 5. The molecule has 23 heavy (non-hydrogen) atoms. The summed E-state index contributed by atoms with van der Waals surface area (Å²) in [6.45, 7) is 7.19. The van der Waals surface area contributed by atoms with E-state index < -0.39 is 12.1 Å². The molecule has 0 radical (unpaired) electrons. The molecule has 0 aliphatic heterocycles. The Hall–Kier alpha value is -2.21. The highest BCUT2D eigenvalue weighted by Crippen LogP contribution is 2.19. The number of rotatable bonds is 5. The smallest absolute Gasteiger partial charge is 0.351 e. The van der Waals surface area contributed by atoms with Crippen molar-refractivity contribution in [3.05, 3.63) is 45.4 Å². The van der Waals surface area contributed by atoms with Crippen LogP contribution in [-0.2, 0) is 16.0 Å². The fourth-order valence-electron chi connectivity index (χ4n) is 2.06. The maximum atomic E-state index is 12.1. The lowest BCUT2D eigenvalue weighted by molar-refractivity contribution is -0.123. The molecule has 0 fully saturated rings. The van der Waals surface area contributed by atoms with Gasteiger partial charge in [-0.25, -0.2) is 9.78 Å². The third-order valence-corrected chi connectivity index (χ3v) is 4.42. The van der Waals surface area contributed by atoms with E-state index in [1.165, 1.54) is 16.9 Å². The molecule has 0 saturated heterocycles. The fraction of sp³-hybridized carbons (Fsp3) is 0.353. The maximum absolute atomic E-state index is 12.1. The molecule has 0 spiro atoms. The second kappa shape index (κ2) is 7.37. The summed E-state index contributed by atoms with van der Waals surface area (Å²) in [6.07, 6.45) is 0.0609. The average molecular weight is 332 g/mol. The molecular formula is C17H20N2O3S. The number of carbonyl (C=O) groups is 2. The number of carbonyl (C=O) groups excluding carboxylic acids is 2. The lowest BCUT2D eigenvalue weighted by Gasteiger charge is -2.13. The molecule has 0 bridgehead atoms. The van der Waals surface area contributed by atoms with Gasteiger partial charge >= 0.3 is 5.97 Å². The van der Waals surface area contributed by atoms with E-state index in [4.69, 9.17) is 4.74 Å². The summed E-state index contributed by atoms with van der Waals surface area (Å²) < 4.78 is 5.23. The van der Waals surface area contributed by atoms with Crippen molar-refractivity contribution in [1.82, 2.24) is 4.98 Å². The van der Waals surface area contributed by atoms with Crippen LogP contribution >= 0.6 is 11.3 Å². The Bertz CT molecular complexity index is 707. The number of anilines is 1. The summed E-state index contributed by atoms with van der Waals surface area (Å²) in [4.78, 5) is 28.8. The molecule has 0 unspecified atom stereocenters. The van der Waals surface area contributed by atoms with Gasteiger partial charge in [0.25, 0.3) is 5.91 Å². The number of aryl methyl sites for hydroxylation is 3. The van der Waals surface area contributed by atoms with Crippen molar-refractivity contribution in [2.75, 3.05) is 5.32 Å². The van der Waals surface area contributed by atoms with Crippen LogP contribution in [0.1, 0.15) is 39.8 Å². The first-order valence-electron chi connectivity index (χ1n) is 7.45. The Morgan fingerprint density at radius 1 is 1.26 bits per heavy atom. The van der Waals surface area contributed by atoms with Crippen LogP contribution < -0.4 is 5.32 Å². The number of amides is 1. The van der Waals surface area contributed by atoms with Gasteiger partial charge in [-0.3, -0.25) is 4.79 Å². The van der Waals surface area contributed by atoms with Crippen molar-refractivity contribution in [1.29, 1.82) is 0 Å². The van der Waals surface area contributed by atoms with Crippen LogP contribution in [0.4, 0.5) is 5.69 Å². The van der Waals surface area contributed by atoms with Crippen molar-refractivity contribution in [2.45, 2.75) is 40.2 Å². The summed E-state index contributed by atoms with van der Waals surface area (Å²) in [6, 6.07) is 7.58. The Morgan fingerprint density at radius 3 is 2.43 bits per heavy atom. The van der Waals surface area contributed by atoms with E-state index >= 15 is 0 Å². The van der Waals surface area contributed by atoms with Gasteiger partial charge < -0.3 is 10.1 Å². The highest BCUT2D eigenvalue weighted by Gasteiger charge is 2.22. The average Bonchev–Trinajstić information content (AvgIpc) is 2.86. The Morgan fingerprint density at radius 2 is 1.91 bits per heavy atom. The van der Waals surface area contributed by atoms with Gasteiger partial charge in [-0.15, -0.1) is 11.3 Å². The van der Waals surface area contributed by atoms with E-state index in [1.807, 2.05) is 31.2 Å². The fourth-order valence-corrected chi connectivity index (χ4v) is 2.86. The van der Waals surface area contributed by atoms with Crippen LogP contribution in [0.15, 0.2) is 24.3 Å². The number of thiazole rings is 1. The van der Waals surface area contributed by atoms with Gasteiger partial charge in [0.05, 0.1) is 10.7 Å². The van der Waals surface area contributed by atoms with E-state index in [-0.39, 0.29) is 5.91 Å². The molecule has 1 heterocycles. The molecule has 1 N–H and O–H groups in total. The van der Waals surface area contributed by atoms with Crippen LogP contribution in [0.3, 0.4) is 0 Å². The second-order valence-corrected chi connectivity index (χ2v) is 6.44. The summed E-state index contributed by atoms with van der Waals surface area (Å²) >= 11 is 1.27. The topological polar surface area (TPSA) is 68.3 Å². The molecule has 6 heteroatoms. The molecule has 0 aliphatic rings. The zero-order valence-electron chi connectivity index (χ0n) is 13.7. The van der Waals surface area contributed by atoms with Crippen molar-refractivity contribution >= 4 is 28.9 Å². The standard InChI is InChI=1S/C17H20N2O3S/c1-5-13-6-8-14(9-7-13)19-16(20)11(3)22-17(21)15-10(2)18-12(4)23-15/h6-9,11H,5H2,1-4H3,(H,19,20)/t11-/m0/s1. The molecule has 122 valence electrons. The number of nitrogens with one attached hydrogen (secondary N) is 1. The Kier molecular flexibility index (Phi) is 5.50. The lowest BCUT2D eigenvalue weighted by Crippen LogP contribution is -2.29. The molecule has 5 nitrogen and oxygen atoms in total. The Balaban J connectivity index is 1.96. The van der Waals surface area contributed by atoms with Gasteiger partial charge in [-0.2, -0.15) is 0 Å². The minimum absolute atomic E-state index is 0.360. The SMILES string of the molecule is CCc1ccc(NC(=O)[C@H](C)OC(=O)c2sc(C)nc2C)cc1. The van der Waals surface area contributed by atoms with Gasteiger partial charge in [0.15, 0.2) is 6.10 Å². The predicted molar refractivity (Wildman–Crippen MR) is 90.9 cm³/mol. The Labute approximate surface area is 139 Å². The summed E-state index contributed by atoms with van der Waals surface area (Å²) in [7, 11) is 0. The molecule has 1 atom stereocenters. The quantitative estimate of drug-likeness (QED) is 0.851. The van der Waals surface area contributed by atoms with E-state index in [0.717, 1.165) is 11.4 Å². The van der Waals surface area contributed by atoms with Crippen molar-refractivity contribution in [2.24, 2.45) is 0 Å². The monoisotopic (exact) mass is 332 g/mol. The van der Waals surface area contributed by atoms with Gasteiger partial charge in [-0.05, 0) is 44.9 Å². The molecule has 1 aromatic heterocycles. The predicted octanol–water partition coefficient (Wildman–Crippen LogP) is 3.51. The number of benzene rings is 1. The van der Waals surface area contributed by atoms with E-state index in [1.54, 1.807) is 13.8 Å². The molecule has 0 aliphatic carbocycles. The number of esters is 1. The first kappa shape index (κ1) is 17.1. The highest BCUT2D eigenvalue weighted by molar-refractivity contribution is 7.13. The second-order valence-electron chi connectivity index (χ2n) is 5.23. The van der Waals surface area contributed by atoms with E-state index in [2.05, 4.69) is 17.2 Å². The molecule has 1 aromatic carbocycles. The number of ether oxygens (including phenoxy) is 1.